The number of benzene rings is 2. The summed E-state index contributed by atoms with van der Waals surface area (Å²) in [5.74, 6) is 1.25. The Morgan fingerprint density at radius 1 is 1.03 bits per heavy atom. The molecule has 1 aliphatic heterocycles. The molecular formula is C31H42Cl2N4O2. The number of hydrogen-bond acceptors (Lipinski definition) is 4. The van der Waals surface area contributed by atoms with Gasteiger partial charge in [-0.2, -0.15) is 0 Å². The van der Waals surface area contributed by atoms with E-state index < -0.39 is 5.60 Å². The number of aromatic nitrogens is 2. The molecule has 1 N–H and O–H groups in total. The fourth-order valence-electron chi connectivity index (χ4n) is 5.12. The lowest BCUT2D eigenvalue weighted by Gasteiger charge is -2.33. The monoisotopic (exact) mass is 572 g/mol. The standard InChI is InChI=1S/C31H42Cl2N4O2/c1-5-6-7-8-15-34-20-22-9-11-23(12-10-22)21-37-28-19-26(33)25(32)18-27(28)35-29(37)24-13-16-36(17-14-24)30(38)39-31(2,3)4/h9-12,18-19,24,34H,5-8,13-17,20-21H2,1-4H3. The molecule has 0 atom stereocenters. The third kappa shape index (κ3) is 8.12. The molecule has 1 aliphatic rings. The van der Waals surface area contributed by atoms with E-state index in [4.69, 9.17) is 32.9 Å². The first-order chi connectivity index (χ1) is 18.6. The summed E-state index contributed by atoms with van der Waals surface area (Å²) < 4.78 is 7.85. The van der Waals surface area contributed by atoms with Crippen molar-refractivity contribution in [3.63, 3.8) is 0 Å². The van der Waals surface area contributed by atoms with Crippen molar-refractivity contribution >= 4 is 40.3 Å². The number of ether oxygens (including phenoxy) is 1. The number of hydrogen-bond donors (Lipinski definition) is 1. The van der Waals surface area contributed by atoms with Gasteiger partial charge in [-0.05, 0) is 69.8 Å². The topological polar surface area (TPSA) is 59.4 Å². The smallest absolute Gasteiger partial charge is 0.410 e. The highest BCUT2D eigenvalue weighted by atomic mass is 35.5. The van der Waals surface area contributed by atoms with E-state index in [2.05, 4.69) is 41.1 Å². The van der Waals surface area contributed by atoms with Gasteiger partial charge in [0.05, 0.1) is 21.1 Å². The average Bonchev–Trinajstić information content (AvgIpc) is 3.23. The highest BCUT2D eigenvalue weighted by Gasteiger charge is 2.30. The minimum Gasteiger partial charge on any atom is -0.444 e. The predicted molar refractivity (Wildman–Crippen MR) is 161 cm³/mol. The van der Waals surface area contributed by atoms with Gasteiger partial charge >= 0.3 is 6.09 Å². The molecule has 0 bridgehead atoms. The highest BCUT2D eigenvalue weighted by molar-refractivity contribution is 6.42. The molecule has 1 aromatic heterocycles. The quantitative estimate of drug-likeness (QED) is 0.249. The molecule has 1 fully saturated rings. The summed E-state index contributed by atoms with van der Waals surface area (Å²) in [5.41, 5.74) is 3.82. The third-order valence-electron chi connectivity index (χ3n) is 7.23. The van der Waals surface area contributed by atoms with Crippen LogP contribution in [0.1, 0.15) is 89.1 Å². The van der Waals surface area contributed by atoms with E-state index in [0.717, 1.165) is 42.8 Å². The zero-order valence-corrected chi connectivity index (χ0v) is 25.2. The van der Waals surface area contributed by atoms with Crippen molar-refractivity contribution in [3.8, 4) is 0 Å². The van der Waals surface area contributed by atoms with Crippen LogP contribution < -0.4 is 5.32 Å². The first-order valence-corrected chi connectivity index (χ1v) is 15.0. The van der Waals surface area contributed by atoms with Crippen LogP contribution in [0.25, 0.3) is 11.0 Å². The van der Waals surface area contributed by atoms with E-state index in [1.54, 1.807) is 4.90 Å². The molecule has 39 heavy (non-hydrogen) atoms. The second-order valence-electron chi connectivity index (χ2n) is 11.6. The van der Waals surface area contributed by atoms with Crippen LogP contribution in [0.2, 0.25) is 10.0 Å². The molecule has 0 saturated carbocycles. The summed E-state index contributed by atoms with van der Waals surface area (Å²) in [4.78, 5) is 19.4. The zero-order valence-electron chi connectivity index (χ0n) is 23.7. The van der Waals surface area contributed by atoms with Gasteiger partial charge in [-0.15, -0.1) is 0 Å². The van der Waals surface area contributed by atoms with E-state index >= 15 is 0 Å². The van der Waals surface area contributed by atoms with Crippen LogP contribution in [0.5, 0.6) is 0 Å². The Bertz CT molecular complexity index is 1240. The van der Waals surface area contributed by atoms with Crippen LogP contribution in [0.3, 0.4) is 0 Å². The number of carbonyl (C=O) groups is 1. The van der Waals surface area contributed by atoms with Crippen LogP contribution in [0.4, 0.5) is 4.79 Å². The molecule has 8 heteroatoms. The number of likely N-dealkylation sites (tertiary alicyclic amines) is 1. The molecular weight excluding hydrogens is 531 g/mol. The Balaban J connectivity index is 1.48. The normalized spacial score (nSPS) is 14.8. The lowest BCUT2D eigenvalue weighted by Crippen LogP contribution is -2.41. The minimum absolute atomic E-state index is 0.227. The molecule has 1 amide bonds. The number of rotatable bonds is 10. The molecule has 1 saturated heterocycles. The highest BCUT2D eigenvalue weighted by Crippen LogP contribution is 2.34. The molecule has 0 unspecified atom stereocenters. The summed E-state index contributed by atoms with van der Waals surface area (Å²) in [7, 11) is 0. The average molecular weight is 574 g/mol. The largest absolute Gasteiger partial charge is 0.444 e. The molecule has 3 aromatic rings. The number of nitrogens with one attached hydrogen (secondary N) is 1. The van der Waals surface area contributed by atoms with Gasteiger partial charge in [0.2, 0.25) is 0 Å². The molecule has 0 aliphatic carbocycles. The predicted octanol–water partition coefficient (Wildman–Crippen LogP) is 8.18. The second-order valence-corrected chi connectivity index (χ2v) is 12.4. The van der Waals surface area contributed by atoms with Crippen LogP contribution in [-0.4, -0.2) is 45.8 Å². The Morgan fingerprint density at radius 3 is 2.36 bits per heavy atom. The minimum atomic E-state index is -0.499. The molecule has 6 nitrogen and oxygen atoms in total. The fourth-order valence-corrected chi connectivity index (χ4v) is 5.43. The lowest BCUT2D eigenvalue weighted by molar-refractivity contribution is 0.0202. The number of fused-ring (bicyclic) bond motifs is 1. The molecule has 212 valence electrons. The number of imidazole rings is 1. The molecule has 0 radical (unpaired) electrons. The summed E-state index contributed by atoms with van der Waals surface area (Å²) in [6.45, 7) is 11.9. The van der Waals surface area contributed by atoms with Gasteiger partial charge in [-0.1, -0.05) is 73.7 Å². The van der Waals surface area contributed by atoms with Crippen molar-refractivity contribution in [2.75, 3.05) is 19.6 Å². The van der Waals surface area contributed by atoms with Gasteiger partial charge in [0.25, 0.3) is 0 Å². The summed E-state index contributed by atoms with van der Waals surface area (Å²) >= 11 is 12.8. The Hall–Kier alpha value is -2.28. The maximum Gasteiger partial charge on any atom is 0.410 e. The first kappa shape index (κ1) is 29.7. The molecule has 4 rings (SSSR count). The van der Waals surface area contributed by atoms with Gasteiger partial charge in [-0.25, -0.2) is 9.78 Å². The van der Waals surface area contributed by atoms with Crippen LogP contribution in [0, 0.1) is 0 Å². The van der Waals surface area contributed by atoms with Gasteiger partial charge in [0, 0.05) is 32.1 Å². The van der Waals surface area contributed by atoms with Crippen molar-refractivity contribution < 1.29 is 9.53 Å². The first-order valence-electron chi connectivity index (χ1n) is 14.3. The SMILES string of the molecule is CCCCCCNCc1ccc(Cn2c(C3CCN(C(=O)OC(C)(C)C)CC3)nc3cc(Cl)c(Cl)cc32)cc1. The number of carbonyl (C=O) groups excluding carboxylic acids is 1. The van der Waals surface area contributed by atoms with Crippen LogP contribution >= 0.6 is 23.2 Å². The van der Waals surface area contributed by atoms with Crippen LogP contribution in [0.15, 0.2) is 36.4 Å². The van der Waals surface area contributed by atoms with Gasteiger partial charge in [0.1, 0.15) is 11.4 Å². The van der Waals surface area contributed by atoms with E-state index in [-0.39, 0.29) is 12.0 Å². The Kier molecular flexibility index (Phi) is 10.2. The maximum atomic E-state index is 12.6. The van der Waals surface area contributed by atoms with Crippen molar-refractivity contribution in [3.05, 3.63) is 63.4 Å². The fraction of sp³-hybridized carbons (Fsp3) is 0.548. The van der Waals surface area contributed by atoms with Crippen molar-refractivity contribution in [1.29, 1.82) is 0 Å². The number of halogens is 2. The summed E-state index contributed by atoms with van der Waals surface area (Å²) in [6.07, 6.45) is 6.50. The lowest BCUT2D eigenvalue weighted by atomic mass is 9.96. The van der Waals surface area contributed by atoms with E-state index in [1.807, 2.05) is 32.9 Å². The van der Waals surface area contributed by atoms with E-state index in [1.165, 1.54) is 36.8 Å². The van der Waals surface area contributed by atoms with Gasteiger partial charge in [0.15, 0.2) is 0 Å². The molecule has 0 spiro atoms. The zero-order chi connectivity index (χ0) is 28.0. The summed E-state index contributed by atoms with van der Waals surface area (Å²) in [6, 6.07) is 12.6. The molecule has 2 heterocycles. The van der Waals surface area contributed by atoms with Crippen LogP contribution in [-0.2, 0) is 17.8 Å². The Labute approximate surface area is 243 Å². The van der Waals surface area contributed by atoms with Gasteiger partial charge < -0.3 is 19.5 Å². The van der Waals surface area contributed by atoms with Crippen molar-refractivity contribution in [1.82, 2.24) is 19.8 Å². The molecule has 2 aromatic carbocycles. The van der Waals surface area contributed by atoms with E-state index in [0.29, 0.717) is 29.7 Å². The Morgan fingerprint density at radius 2 is 1.69 bits per heavy atom. The van der Waals surface area contributed by atoms with Gasteiger partial charge in [-0.3, -0.25) is 0 Å². The maximum absolute atomic E-state index is 12.6. The summed E-state index contributed by atoms with van der Waals surface area (Å²) in [5, 5.41) is 4.59. The number of amides is 1. The van der Waals surface area contributed by atoms with E-state index in [9.17, 15) is 4.79 Å². The number of nitrogens with zero attached hydrogens (tertiary/aromatic N) is 3. The second kappa shape index (κ2) is 13.4. The number of piperidine rings is 1. The number of unbranched alkanes of at least 4 members (excludes halogenated alkanes) is 3. The van der Waals surface area contributed by atoms with Crippen molar-refractivity contribution in [2.45, 2.75) is 90.8 Å². The third-order valence-corrected chi connectivity index (χ3v) is 7.95. The van der Waals surface area contributed by atoms with Crippen molar-refractivity contribution in [2.24, 2.45) is 0 Å².